The van der Waals surface area contributed by atoms with Crippen molar-refractivity contribution in [2.24, 2.45) is 0 Å². The molecule has 0 radical (unpaired) electrons. The van der Waals surface area contributed by atoms with Gasteiger partial charge >= 0.3 is 5.97 Å². The first-order chi connectivity index (χ1) is 9.00. The summed E-state index contributed by atoms with van der Waals surface area (Å²) in [6.45, 7) is 4.00. The molecule has 1 heterocycles. The van der Waals surface area contributed by atoms with Crippen molar-refractivity contribution in [2.75, 3.05) is 12.8 Å². The van der Waals surface area contributed by atoms with Crippen LogP contribution in [0.25, 0.3) is 0 Å². The van der Waals surface area contributed by atoms with Gasteiger partial charge in [0.15, 0.2) is 0 Å². The molecule has 2 unspecified atom stereocenters. The van der Waals surface area contributed by atoms with E-state index in [2.05, 4.69) is 0 Å². The number of hydrogen-bond donors (Lipinski definition) is 2. The predicted octanol–water partition coefficient (Wildman–Crippen LogP) is 1.69. The molecule has 2 atom stereocenters. The molecule has 2 rings (SSSR count). The lowest BCUT2D eigenvalue weighted by molar-refractivity contribution is -0.145. The van der Waals surface area contributed by atoms with Gasteiger partial charge in [-0.05, 0) is 17.7 Å². The minimum atomic E-state index is -0.972. The Balaban J connectivity index is 0.000000861. The number of hydrogen-bond acceptors (Lipinski definition) is 3. The molecule has 5 nitrogen and oxygen atoms in total. The summed E-state index contributed by atoms with van der Waals surface area (Å²) >= 11 is 0. The first kappa shape index (κ1) is 15.0. The molecule has 1 fully saturated rings. The number of carbonyl (C=O) groups excluding carboxylic acids is 1. The number of nitrogen functional groups attached to an aromatic ring is 1. The largest absolute Gasteiger partial charge is 0.480 e. The van der Waals surface area contributed by atoms with Crippen LogP contribution in [0.5, 0.6) is 0 Å². The van der Waals surface area contributed by atoms with Crippen LogP contribution in [0, 0.1) is 0 Å². The number of likely N-dealkylation sites (N-methyl/N-ethyl adjacent to an activating group) is 1. The van der Waals surface area contributed by atoms with Crippen molar-refractivity contribution in [3.05, 3.63) is 29.8 Å². The number of anilines is 1. The number of nitrogens with two attached hydrogens (primary N) is 1. The summed E-state index contributed by atoms with van der Waals surface area (Å²) < 4.78 is 0. The molecule has 19 heavy (non-hydrogen) atoms. The predicted molar refractivity (Wildman–Crippen MR) is 73.8 cm³/mol. The molecule has 0 spiro atoms. The summed E-state index contributed by atoms with van der Waals surface area (Å²) in [7, 11) is 1.53. The molecule has 0 saturated carbocycles. The lowest BCUT2D eigenvalue weighted by atomic mass is 9.91. The molecule has 5 heteroatoms. The molecule has 0 aliphatic carbocycles. The Hall–Kier alpha value is -2.04. The Morgan fingerprint density at radius 1 is 1.32 bits per heavy atom. The lowest BCUT2D eigenvalue weighted by Crippen LogP contribution is -2.37. The summed E-state index contributed by atoms with van der Waals surface area (Å²) in [5.41, 5.74) is 7.04. The summed E-state index contributed by atoms with van der Waals surface area (Å²) in [6.07, 6.45) is 0.234. The van der Waals surface area contributed by atoms with E-state index in [0.29, 0.717) is 5.69 Å². The Kier molecular flexibility index (Phi) is 4.92. The van der Waals surface area contributed by atoms with Crippen LogP contribution in [0.1, 0.15) is 31.7 Å². The quantitative estimate of drug-likeness (QED) is 0.796. The van der Waals surface area contributed by atoms with E-state index in [0.717, 1.165) is 5.56 Å². The monoisotopic (exact) mass is 264 g/mol. The maximum Gasteiger partial charge on any atom is 0.327 e. The molecule has 1 aromatic carbocycles. The molecular weight excluding hydrogens is 244 g/mol. The van der Waals surface area contributed by atoms with E-state index < -0.39 is 12.0 Å². The Labute approximate surface area is 113 Å². The van der Waals surface area contributed by atoms with Gasteiger partial charge < -0.3 is 15.7 Å². The van der Waals surface area contributed by atoms with Gasteiger partial charge in [-0.1, -0.05) is 26.0 Å². The smallest absolute Gasteiger partial charge is 0.327 e. The molecule has 3 N–H and O–H groups in total. The van der Waals surface area contributed by atoms with Crippen LogP contribution in [-0.2, 0) is 9.59 Å². The molecular formula is C14H20N2O3. The van der Waals surface area contributed by atoms with E-state index in [4.69, 9.17) is 10.8 Å². The molecule has 0 aromatic heterocycles. The van der Waals surface area contributed by atoms with E-state index in [1.165, 1.54) is 11.9 Å². The SMILES string of the molecule is CC.CN1C(=O)CC(c2ccc(N)cc2)C1C(=O)O. The molecule has 1 aromatic rings. The van der Waals surface area contributed by atoms with Gasteiger partial charge in [-0.15, -0.1) is 0 Å². The molecule has 1 aliphatic rings. The minimum Gasteiger partial charge on any atom is -0.480 e. The van der Waals surface area contributed by atoms with Gasteiger partial charge in [0.2, 0.25) is 5.91 Å². The summed E-state index contributed by atoms with van der Waals surface area (Å²) in [6, 6.07) is 6.21. The first-order valence-electron chi connectivity index (χ1n) is 6.34. The Morgan fingerprint density at radius 3 is 2.32 bits per heavy atom. The van der Waals surface area contributed by atoms with Crippen molar-refractivity contribution < 1.29 is 14.7 Å². The van der Waals surface area contributed by atoms with E-state index in [9.17, 15) is 9.59 Å². The van der Waals surface area contributed by atoms with Crippen LogP contribution < -0.4 is 5.73 Å². The van der Waals surface area contributed by atoms with E-state index in [1.54, 1.807) is 24.3 Å². The second-order valence-corrected chi connectivity index (χ2v) is 4.27. The zero-order valence-electron chi connectivity index (χ0n) is 11.5. The zero-order chi connectivity index (χ0) is 14.6. The summed E-state index contributed by atoms with van der Waals surface area (Å²) in [4.78, 5) is 24.1. The van der Waals surface area contributed by atoms with Crippen LogP contribution in [0.15, 0.2) is 24.3 Å². The van der Waals surface area contributed by atoms with Gasteiger partial charge in [0.25, 0.3) is 0 Å². The average molecular weight is 264 g/mol. The summed E-state index contributed by atoms with van der Waals surface area (Å²) in [5.74, 6) is -1.41. The van der Waals surface area contributed by atoms with Crippen molar-refractivity contribution in [1.29, 1.82) is 0 Å². The van der Waals surface area contributed by atoms with Gasteiger partial charge in [0.05, 0.1) is 0 Å². The highest BCUT2D eigenvalue weighted by molar-refractivity contribution is 5.89. The van der Waals surface area contributed by atoms with Crippen LogP contribution >= 0.6 is 0 Å². The topological polar surface area (TPSA) is 83.6 Å². The third-order valence-electron chi connectivity index (χ3n) is 3.20. The Bertz CT molecular complexity index is 456. The molecule has 1 amide bonds. The van der Waals surface area contributed by atoms with E-state index >= 15 is 0 Å². The van der Waals surface area contributed by atoms with Gasteiger partial charge in [0.1, 0.15) is 6.04 Å². The second kappa shape index (κ2) is 6.22. The third kappa shape index (κ3) is 3.05. The number of aliphatic carboxylic acids is 1. The second-order valence-electron chi connectivity index (χ2n) is 4.27. The van der Waals surface area contributed by atoms with E-state index in [-0.39, 0.29) is 18.2 Å². The van der Waals surface area contributed by atoms with Crippen molar-refractivity contribution in [1.82, 2.24) is 4.90 Å². The van der Waals surface area contributed by atoms with Gasteiger partial charge in [-0.3, -0.25) is 4.79 Å². The standard InChI is InChI=1S/C12H14N2O3.C2H6/c1-14-10(15)6-9(11(14)12(16)17)7-2-4-8(13)5-3-7;1-2/h2-5,9,11H,6,13H2,1H3,(H,16,17);1-2H3. The van der Waals surface area contributed by atoms with E-state index in [1.807, 2.05) is 13.8 Å². The van der Waals surface area contributed by atoms with Crippen molar-refractivity contribution in [3.63, 3.8) is 0 Å². The highest BCUT2D eigenvalue weighted by Crippen LogP contribution is 2.33. The number of amides is 1. The summed E-state index contributed by atoms with van der Waals surface area (Å²) in [5, 5.41) is 9.17. The van der Waals surface area contributed by atoms with Crippen molar-refractivity contribution in [2.45, 2.75) is 32.2 Å². The number of carboxylic acid groups (broad SMARTS) is 1. The Morgan fingerprint density at radius 2 is 1.84 bits per heavy atom. The van der Waals surface area contributed by atoms with Crippen LogP contribution in [0.4, 0.5) is 5.69 Å². The van der Waals surface area contributed by atoms with Gasteiger partial charge in [0, 0.05) is 25.1 Å². The molecule has 1 saturated heterocycles. The maximum atomic E-state index is 11.6. The average Bonchev–Trinajstić information content (AvgIpc) is 2.69. The van der Waals surface area contributed by atoms with Crippen molar-refractivity contribution >= 4 is 17.6 Å². The lowest BCUT2D eigenvalue weighted by Gasteiger charge is -2.20. The highest BCUT2D eigenvalue weighted by Gasteiger charge is 2.42. The fourth-order valence-corrected chi connectivity index (χ4v) is 2.25. The normalized spacial score (nSPS) is 21.8. The molecule has 104 valence electrons. The van der Waals surface area contributed by atoms with Crippen LogP contribution in [-0.4, -0.2) is 35.0 Å². The number of likely N-dealkylation sites (tertiary alicyclic amines) is 1. The maximum absolute atomic E-state index is 11.6. The number of carboxylic acids is 1. The molecule has 1 aliphatic heterocycles. The van der Waals surface area contributed by atoms with Crippen LogP contribution in [0.3, 0.4) is 0 Å². The number of nitrogens with zero attached hydrogens (tertiary/aromatic N) is 1. The fraction of sp³-hybridized carbons (Fsp3) is 0.429. The minimum absolute atomic E-state index is 0.140. The number of carbonyl (C=O) groups is 2. The van der Waals surface area contributed by atoms with Gasteiger partial charge in [-0.2, -0.15) is 0 Å². The van der Waals surface area contributed by atoms with Crippen molar-refractivity contribution in [3.8, 4) is 0 Å². The van der Waals surface area contributed by atoms with Crippen LogP contribution in [0.2, 0.25) is 0 Å². The highest BCUT2D eigenvalue weighted by atomic mass is 16.4. The third-order valence-corrected chi connectivity index (χ3v) is 3.20. The fourth-order valence-electron chi connectivity index (χ4n) is 2.25. The number of benzene rings is 1. The molecule has 0 bridgehead atoms. The zero-order valence-corrected chi connectivity index (χ0v) is 11.5. The number of rotatable bonds is 2. The first-order valence-corrected chi connectivity index (χ1v) is 6.34. The van der Waals surface area contributed by atoms with Gasteiger partial charge in [-0.25, -0.2) is 4.79 Å².